The minimum Gasteiger partial charge on any atom is -0.496 e. The molecule has 0 aliphatic heterocycles. The van der Waals surface area contributed by atoms with Crippen molar-refractivity contribution in [1.82, 2.24) is 15.2 Å². The van der Waals surface area contributed by atoms with E-state index in [1.54, 1.807) is 37.4 Å². The van der Waals surface area contributed by atoms with Crippen LogP contribution in [-0.4, -0.2) is 34.0 Å². The van der Waals surface area contributed by atoms with Crippen LogP contribution in [0.15, 0.2) is 47.6 Å². The summed E-state index contributed by atoms with van der Waals surface area (Å²) in [5.74, 6) is 0.268. The van der Waals surface area contributed by atoms with Crippen molar-refractivity contribution < 1.29 is 13.9 Å². The molecular weight excluding hydrogens is 379 g/mol. The molecule has 2 aromatic carbocycles. The highest BCUT2D eigenvalue weighted by atomic mass is 35.5. The quantitative estimate of drug-likeness (QED) is 0.620. The lowest BCUT2D eigenvalue weighted by Gasteiger charge is -2.05. The van der Waals surface area contributed by atoms with Crippen molar-refractivity contribution in [2.75, 3.05) is 18.2 Å². The summed E-state index contributed by atoms with van der Waals surface area (Å²) >= 11 is 7.14. The zero-order valence-corrected chi connectivity index (χ0v) is 15.2. The largest absolute Gasteiger partial charge is 0.496 e. The molecule has 2 N–H and O–H groups in total. The molecule has 1 heterocycles. The van der Waals surface area contributed by atoms with Crippen molar-refractivity contribution in [3.05, 3.63) is 53.3 Å². The number of halogens is 2. The number of aromatic nitrogens is 3. The maximum Gasteiger partial charge on any atom is 0.234 e. The summed E-state index contributed by atoms with van der Waals surface area (Å²) < 4.78 is 18.8. The van der Waals surface area contributed by atoms with Crippen molar-refractivity contribution in [2.24, 2.45) is 0 Å². The number of carbonyl (C=O) groups excluding carboxylic acids is 1. The van der Waals surface area contributed by atoms with E-state index in [4.69, 9.17) is 16.3 Å². The van der Waals surface area contributed by atoms with Crippen molar-refractivity contribution in [2.45, 2.75) is 5.16 Å². The highest BCUT2D eigenvalue weighted by Crippen LogP contribution is 2.31. The molecule has 0 bridgehead atoms. The van der Waals surface area contributed by atoms with Crippen LogP contribution in [0.4, 0.5) is 10.1 Å². The van der Waals surface area contributed by atoms with E-state index < -0.39 is 5.82 Å². The molecule has 6 nitrogen and oxygen atoms in total. The Balaban J connectivity index is 1.65. The van der Waals surface area contributed by atoms with E-state index >= 15 is 0 Å². The number of hydrogen-bond acceptors (Lipinski definition) is 5. The topological polar surface area (TPSA) is 79.9 Å². The summed E-state index contributed by atoms with van der Waals surface area (Å²) in [6.07, 6.45) is 0. The van der Waals surface area contributed by atoms with E-state index in [0.717, 1.165) is 11.8 Å². The third-order valence-corrected chi connectivity index (χ3v) is 4.44. The lowest BCUT2D eigenvalue weighted by atomic mass is 10.2. The molecule has 0 spiro atoms. The zero-order chi connectivity index (χ0) is 18.5. The molecule has 0 unspecified atom stereocenters. The first kappa shape index (κ1) is 18.2. The van der Waals surface area contributed by atoms with Crippen LogP contribution >= 0.6 is 23.4 Å². The van der Waals surface area contributed by atoms with Gasteiger partial charge in [0.2, 0.25) is 11.1 Å². The Kier molecular flexibility index (Phi) is 5.75. The van der Waals surface area contributed by atoms with Gasteiger partial charge in [0, 0.05) is 5.02 Å². The first-order valence-electron chi connectivity index (χ1n) is 7.50. The number of rotatable bonds is 6. The SMILES string of the molecule is COc1ccc(Cl)cc1-c1nc(SCC(=O)Nc2ccccc2F)n[nH]1. The molecule has 9 heteroatoms. The average Bonchev–Trinajstić information content (AvgIpc) is 3.11. The Hall–Kier alpha value is -2.58. The van der Waals surface area contributed by atoms with Crippen molar-refractivity contribution in [3.63, 3.8) is 0 Å². The number of anilines is 1. The fraction of sp³-hybridized carbons (Fsp3) is 0.118. The van der Waals surface area contributed by atoms with Gasteiger partial charge in [-0.3, -0.25) is 9.89 Å². The summed E-state index contributed by atoms with van der Waals surface area (Å²) in [7, 11) is 1.55. The summed E-state index contributed by atoms with van der Waals surface area (Å²) in [6.45, 7) is 0. The Labute approximate surface area is 158 Å². The standard InChI is InChI=1S/C17H14ClFN4O2S/c1-25-14-7-6-10(18)8-11(14)16-21-17(23-22-16)26-9-15(24)20-13-5-3-2-4-12(13)19/h2-8H,9H2,1H3,(H,20,24)(H,21,22,23). The van der Waals surface area contributed by atoms with Crippen molar-refractivity contribution >= 4 is 35.0 Å². The summed E-state index contributed by atoms with van der Waals surface area (Å²) in [5.41, 5.74) is 0.799. The lowest BCUT2D eigenvalue weighted by Crippen LogP contribution is -2.15. The zero-order valence-electron chi connectivity index (χ0n) is 13.6. The van der Waals surface area contributed by atoms with Gasteiger partial charge >= 0.3 is 0 Å². The van der Waals surface area contributed by atoms with Gasteiger partial charge in [0.15, 0.2) is 5.82 Å². The van der Waals surface area contributed by atoms with E-state index in [1.165, 1.54) is 12.1 Å². The number of benzene rings is 2. The first-order valence-corrected chi connectivity index (χ1v) is 8.86. The van der Waals surface area contributed by atoms with Gasteiger partial charge in [0.25, 0.3) is 0 Å². The smallest absolute Gasteiger partial charge is 0.234 e. The molecule has 134 valence electrons. The predicted molar refractivity (Wildman–Crippen MR) is 99.1 cm³/mol. The maximum absolute atomic E-state index is 13.5. The van der Waals surface area contributed by atoms with Gasteiger partial charge in [-0.05, 0) is 30.3 Å². The molecule has 0 aliphatic carbocycles. The van der Waals surface area contributed by atoms with Crippen LogP contribution in [0.25, 0.3) is 11.4 Å². The number of carbonyl (C=O) groups is 1. The van der Waals surface area contributed by atoms with Gasteiger partial charge in [-0.15, -0.1) is 5.10 Å². The normalized spacial score (nSPS) is 10.6. The van der Waals surface area contributed by atoms with Crippen LogP contribution in [0, 0.1) is 5.82 Å². The second kappa shape index (κ2) is 8.20. The van der Waals surface area contributed by atoms with E-state index in [1.807, 2.05) is 0 Å². The van der Waals surface area contributed by atoms with E-state index in [-0.39, 0.29) is 17.3 Å². The molecule has 1 amide bonds. The fourth-order valence-corrected chi connectivity index (χ4v) is 2.95. The van der Waals surface area contributed by atoms with Gasteiger partial charge in [0.1, 0.15) is 11.6 Å². The molecule has 3 aromatic rings. The minimum atomic E-state index is -0.487. The first-order chi connectivity index (χ1) is 12.6. The van der Waals surface area contributed by atoms with Gasteiger partial charge in [0.05, 0.1) is 24.1 Å². The van der Waals surface area contributed by atoms with Crippen LogP contribution in [0.1, 0.15) is 0 Å². The number of hydrogen-bond donors (Lipinski definition) is 2. The second-order valence-corrected chi connectivity index (χ2v) is 6.51. The molecule has 0 saturated heterocycles. The Bertz CT molecular complexity index is 935. The number of ether oxygens (including phenoxy) is 1. The van der Waals surface area contributed by atoms with Crippen molar-refractivity contribution in [3.8, 4) is 17.1 Å². The number of nitrogens with zero attached hydrogens (tertiary/aromatic N) is 2. The third kappa shape index (κ3) is 4.33. The van der Waals surface area contributed by atoms with Gasteiger partial charge in [-0.2, -0.15) is 0 Å². The third-order valence-electron chi connectivity index (χ3n) is 3.36. The van der Waals surface area contributed by atoms with Gasteiger partial charge < -0.3 is 10.1 Å². The van der Waals surface area contributed by atoms with Gasteiger partial charge in [-0.1, -0.05) is 35.5 Å². The number of para-hydroxylation sites is 1. The molecule has 0 atom stereocenters. The number of H-pyrrole nitrogens is 1. The highest BCUT2D eigenvalue weighted by Gasteiger charge is 2.13. The lowest BCUT2D eigenvalue weighted by molar-refractivity contribution is -0.113. The van der Waals surface area contributed by atoms with Crippen molar-refractivity contribution in [1.29, 1.82) is 0 Å². The number of thioether (sulfide) groups is 1. The van der Waals surface area contributed by atoms with Crippen LogP contribution in [-0.2, 0) is 4.79 Å². The second-order valence-electron chi connectivity index (χ2n) is 5.13. The Morgan fingerprint density at radius 1 is 1.35 bits per heavy atom. The number of amides is 1. The molecule has 0 fully saturated rings. The molecule has 0 aliphatic rings. The van der Waals surface area contributed by atoms with Crippen LogP contribution < -0.4 is 10.1 Å². The van der Waals surface area contributed by atoms with Crippen LogP contribution in [0.2, 0.25) is 5.02 Å². The fourth-order valence-electron chi connectivity index (χ4n) is 2.18. The number of methoxy groups -OCH3 is 1. The monoisotopic (exact) mass is 392 g/mol. The average molecular weight is 393 g/mol. The minimum absolute atomic E-state index is 0.0400. The van der Waals surface area contributed by atoms with Crippen LogP contribution in [0.3, 0.4) is 0 Å². The number of nitrogens with one attached hydrogen (secondary N) is 2. The Morgan fingerprint density at radius 2 is 2.15 bits per heavy atom. The van der Waals surface area contributed by atoms with Gasteiger partial charge in [-0.25, -0.2) is 9.37 Å². The molecule has 26 heavy (non-hydrogen) atoms. The maximum atomic E-state index is 13.5. The van der Waals surface area contributed by atoms with E-state index in [0.29, 0.717) is 27.3 Å². The molecule has 0 saturated carbocycles. The summed E-state index contributed by atoms with van der Waals surface area (Å²) in [4.78, 5) is 16.3. The van der Waals surface area contributed by atoms with Crippen LogP contribution in [0.5, 0.6) is 5.75 Å². The van der Waals surface area contributed by atoms with E-state index in [9.17, 15) is 9.18 Å². The molecule has 0 radical (unpaired) electrons. The number of aromatic amines is 1. The molecular formula is C17H14ClFN4O2S. The predicted octanol–water partition coefficient (Wildman–Crippen LogP) is 4.00. The summed E-state index contributed by atoms with van der Waals surface area (Å²) in [5, 5.41) is 10.3. The molecule has 3 rings (SSSR count). The molecule has 1 aromatic heterocycles. The Morgan fingerprint density at radius 3 is 2.92 bits per heavy atom. The highest BCUT2D eigenvalue weighted by molar-refractivity contribution is 7.99. The van der Waals surface area contributed by atoms with E-state index in [2.05, 4.69) is 20.5 Å². The summed E-state index contributed by atoms with van der Waals surface area (Å²) in [6, 6.07) is 11.1.